The Kier molecular flexibility index (Phi) is 5.28. The fraction of sp³-hybridized carbons (Fsp3) is 0.444. The van der Waals surface area contributed by atoms with Crippen molar-refractivity contribution in [2.45, 2.75) is 39.5 Å². The summed E-state index contributed by atoms with van der Waals surface area (Å²) >= 11 is 1.46. The third-order valence-corrected chi connectivity index (χ3v) is 4.77. The number of hydrogen-bond donors (Lipinski definition) is 1. The predicted octanol–water partition coefficient (Wildman–Crippen LogP) is 3.31. The number of morpholine rings is 1. The van der Waals surface area contributed by atoms with E-state index >= 15 is 0 Å². The van der Waals surface area contributed by atoms with Crippen molar-refractivity contribution in [3.05, 3.63) is 46.5 Å². The van der Waals surface area contributed by atoms with Crippen LogP contribution in [0.3, 0.4) is 0 Å². The van der Waals surface area contributed by atoms with Gasteiger partial charge in [0.05, 0.1) is 17.9 Å². The lowest BCUT2D eigenvalue weighted by molar-refractivity contribution is -0.0707. The molecule has 2 heterocycles. The summed E-state index contributed by atoms with van der Waals surface area (Å²) in [5.74, 6) is -0.121. The summed E-state index contributed by atoms with van der Waals surface area (Å²) in [7, 11) is 0. The number of benzene rings is 1. The number of anilines is 1. The molecule has 3 rings (SSSR count). The maximum atomic E-state index is 12.2. The first-order valence-electron chi connectivity index (χ1n) is 8.20. The molecule has 1 amide bonds. The van der Waals surface area contributed by atoms with Gasteiger partial charge in [-0.15, -0.1) is 11.3 Å². The summed E-state index contributed by atoms with van der Waals surface area (Å²) in [6.45, 7) is 8.80. The highest BCUT2D eigenvalue weighted by Crippen LogP contribution is 2.20. The van der Waals surface area contributed by atoms with Crippen molar-refractivity contribution < 1.29 is 9.53 Å². The summed E-state index contributed by atoms with van der Waals surface area (Å²) in [5.41, 5.74) is 2.77. The number of ether oxygens (including phenoxy) is 1. The molecule has 2 aromatic rings. The molecule has 0 saturated carbocycles. The molecule has 24 heavy (non-hydrogen) atoms. The number of amides is 1. The number of nitrogens with zero attached hydrogens (tertiary/aromatic N) is 2. The van der Waals surface area contributed by atoms with Gasteiger partial charge >= 0.3 is 0 Å². The van der Waals surface area contributed by atoms with Gasteiger partial charge in [0.15, 0.2) is 5.13 Å². The molecule has 1 aromatic carbocycles. The molecule has 128 valence electrons. The van der Waals surface area contributed by atoms with Crippen LogP contribution in [0.5, 0.6) is 0 Å². The first kappa shape index (κ1) is 17.1. The van der Waals surface area contributed by atoms with Crippen LogP contribution in [-0.4, -0.2) is 41.1 Å². The quantitative estimate of drug-likeness (QED) is 0.924. The molecular formula is C18H23N3O2S. The van der Waals surface area contributed by atoms with Crippen LogP contribution in [0.15, 0.2) is 29.6 Å². The normalized spacial score (nSPS) is 21.6. The Balaban J connectivity index is 1.59. The molecule has 2 atom stereocenters. The third-order valence-electron chi connectivity index (χ3n) is 3.97. The molecule has 0 spiro atoms. The standard InChI is InChI=1S/C18H23N3O2S/c1-12-4-6-15(7-5-12)17(22)20-18-19-16(11-24-18)10-21-8-13(2)23-14(3)9-21/h4-7,11,13-14H,8-10H2,1-3H3,(H,19,20,22)/t13-,14+. The summed E-state index contributed by atoms with van der Waals surface area (Å²) < 4.78 is 5.75. The second kappa shape index (κ2) is 7.42. The van der Waals surface area contributed by atoms with Gasteiger partial charge < -0.3 is 4.74 Å². The van der Waals surface area contributed by atoms with Crippen LogP contribution in [0.25, 0.3) is 0 Å². The lowest BCUT2D eigenvalue weighted by Gasteiger charge is -2.34. The number of carbonyl (C=O) groups excluding carboxylic acids is 1. The molecule has 0 radical (unpaired) electrons. The van der Waals surface area contributed by atoms with Crippen molar-refractivity contribution in [1.82, 2.24) is 9.88 Å². The number of aryl methyl sites for hydroxylation is 1. The van der Waals surface area contributed by atoms with Gasteiger partial charge in [-0.1, -0.05) is 17.7 Å². The van der Waals surface area contributed by atoms with Crippen molar-refractivity contribution in [2.24, 2.45) is 0 Å². The Morgan fingerprint density at radius 1 is 1.29 bits per heavy atom. The molecule has 1 fully saturated rings. The molecular weight excluding hydrogens is 322 g/mol. The SMILES string of the molecule is Cc1ccc(C(=O)Nc2nc(CN3C[C@@H](C)O[C@@H](C)C3)cs2)cc1. The van der Waals surface area contributed by atoms with E-state index in [1.807, 2.05) is 36.6 Å². The zero-order valence-electron chi connectivity index (χ0n) is 14.3. The summed E-state index contributed by atoms with van der Waals surface area (Å²) in [6.07, 6.45) is 0.487. The molecule has 1 aliphatic heterocycles. The highest BCUT2D eigenvalue weighted by atomic mass is 32.1. The number of carbonyl (C=O) groups is 1. The van der Waals surface area contributed by atoms with E-state index in [0.717, 1.165) is 30.9 Å². The molecule has 5 nitrogen and oxygen atoms in total. The Bertz CT molecular complexity index is 689. The zero-order valence-corrected chi connectivity index (χ0v) is 15.1. The number of nitrogens with one attached hydrogen (secondary N) is 1. The van der Waals surface area contributed by atoms with Crippen molar-refractivity contribution in [2.75, 3.05) is 18.4 Å². The second-order valence-corrected chi connectivity index (χ2v) is 7.27. The fourth-order valence-corrected chi connectivity index (χ4v) is 3.65. The van der Waals surface area contributed by atoms with Crippen LogP contribution in [0.2, 0.25) is 0 Å². The van der Waals surface area contributed by atoms with E-state index in [1.54, 1.807) is 0 Å². The van der Waals surface area contributed by atoms with Crippen molar-refractivity contribution >= 4 is 22.4 Å². The zero-order chi connectivity index (χ0) is 17.1. The van der Waals surface area contributed by atoms with Crippen LogP contribution in [0, 0.1) is 6.92 Å². The van der Waals surface area contributed by atoms with E-state index in [0.29, 0.717) is 10.7 Å². The van der Waals surface area contributed by atoms with E-state index in [2.05, 4.69) is 29.0 Å². The van der Waals surface area contributed by atoms with Gasteiger partial charge in [0.25, 0.3) is 5.91 Å². The molecule has 1 aliphatic rings. The van der Waals surface area contributed by atoms with E-state index in [4.69, 9.17) is 4.74 Å². The summed E-state index contributed by atoms with van der Waals surface area (Å²) in [5, 5.41) is 5.53. The molecule has 1 N–H and O–H groups in total. The van der Waals surface area contributed by atoms with E-state index < -0.39 is 0 Å². The van der Waals surface area contributed by atoms with Gasteiger partial charge in [-0.25, -0.2) is 4.98 Å². The van der Waals surface area contributed by atoms with Crippen LogP contribution in [-0.2, 0) is 11.3 Å². The molecule has 0 aliphatic carbocycles. The van der Waals surface area contributed by atoms with Gasteiger partial charge in [0.2, 0.25) is 0 Å². The maximum Gasteiger partial charge on any atom is 0.257 e. The first-order chi connectivity index (χ1) is 11.5. The Hall–Kier alpha value is -1.76. The predicted molar refractivity (Wildman–Crippen MR) is 96.5 cm³/mol. The van der Waals surface area contributed by atoms with Crippen molar-refractivity contribution in [1.29, 1.82) is 0 Å². The summed E-state index contributed by atoms with van der Waals surface area (Å²) in [4.78, 5) is 19.1. The Morgan fingerprint density at radius 2 is 1.96 bits per heavy atom. The largest absolute Gasteiger partial charge is 0.373 e. The molecule has 1 saturated heterocycles. The van der Waals surface area contributed by atoms with Crippen LogP contribution in [0.4, 0.5) is 5.13 Å². The lowest BCUT2D eigenvalue weighted by atomic mass is 10.1. The van der Waals surface area contributed by atoms with Gasteiger partial charge in [-0.05, 0) is 32.9 Å². The number of hydrogen-bond acceptors (Lipinski definition) is 5. The summed E-state index contributed by atoms with van der Waals surface area (Å²) in [6, 6.07) is 7.53. The maximum absolute atomic E-state index is 12.2. The average Bonchev–Trinajstić information content (AvgIpc) is 2.93. The van der Waals surface area contributed by atoms with Crippen molar-refractivity contribution in [3.63, 3.8) is 0 Å². The van der Waals surface area contributed by atoms with Gasteiger partial charge in [-0.2, -0.15) is 0 Å². The highest BCUT2D eigenvalue weighted by molar-refractivity contribution is 7.13. The monoisotopic (exact) mass is 345 g/mol. The van der Waals surface area contributed by atoms with Gasteiger partial charge in [0.1, 0.15) is 0 Å². The first-order valence-corrected chi connectivity index (χ1v) is 9.08. The van der Waals surface area contributed by atoms with Gasteiger partial charge in [-0.3, -0.25) is 15.0 Å². The number of thiazole rings is 1. The van der Waals surface area contributed by atoms with Crippen LogP contribution < -0.4 is 5.32 Å². The number of rotatable bonds is 4. The minimum atomic E-state index is -0.121. The third kappa shape index (κ3) is 4.41. The minimum Gasteiger partial charge on any atom is -0.373 e. The molecule has 1 aromatic heterocycles. The fourth-order valence-electron chi connectivity index (χ4n) is 2.95. The highest BCUT2D eigenvalue weighted by Gasteiger charge is 2.22. The van der Waals surface area contributed by atoms with E-state index in [-0.39, 0.29) is 18.1 Å². The van der Waals surface area contributed by atoms with Crippen molar-refractivity contribution in [3.8, 4) is 0 Å². The molecule has 6 heteroatoms. The van der Waals surface area contributed by atoms with Gasteiger partial charge in [0, 0.05) is 30.6 Å². The van der Waals surface area contributed by atoms with E-state index in [9.17, 15) is 4.79 Å². The number of aromatic nitrogens is 1. The molecule has 0 unspecified atom stereocenters. The lowest BCUT2D eigenvalue weighted by Crippen LogP contribution is -2.44. The minimum absolute atomic E-state index is 0.121. The Morgan fingerprint density at radius 3 is 2.62 bits per heavy atom. The molecule has 0 bridgehead atoms. The second-order valence-electron chi connectivity index (χ2n) is 6.42. The topological polar surface area (TPSA) is 54.5 Å². The average molecular weight is 345 g/mol. The van der Waals surface area contributed by atoms with Crippen LogP contribution >= 0.6 is 11.3 Å². The Labute approximate surface area is 146 Å². The van der Waals surface area contributed by atoms with Crippen LogP contribution in [0.1, 0.15) is 35.5 Å². The smallest absolute Gasteiger partial charge is 0.257 e. The van der Waals surface area contributed by atoms with E-state index in [1.165, 1.54) is 11.3 Å².